The first-order chi connectivity index (χ1) is 16.3. The molecule has 2 aromatic carbocycles. The summed E-state index contributed by atoms with van der Waals surface area (Å²) in [6, 6.07) is 14.2. The molecular weight excluding hydrogens is 454 g/mol. The minimum Gasteiger partial charge on any atom is -0.497 e. The average molecular weight is 484 g/mol. The monoisotopic (exact) mass is 483 g/mol. The van der Waals surface area contributed by atoms with E-state index >= 15 is 0 Å². The summed E-state index contributed by atoms with van der Waals surface area (Å²) in [6.45, 7) is 2.28. The van der Waals surface area contributed by atoms with Crippen LogP contribution >= 0.6 is 12.2 Å². The molecule has 0 unspecified atom stereocenters. The second-order valence-electron chi connectivity index (χ2n) is 7.77. The van der Waals surface area contributed by atoms with Crippen molar-refractivity contribution < 1.29 is 23.8 Å². The maximum atomic E-state index is 12.9. The van der Waals surface area contributed by atoms with Crippen molar-refractivity contribution in [1.29, 1.82) is 0 Å². The van der Waals surface area contributed by atoms with E-state index in [0.29, 0.717) is 28.7 Å². The standard InChI is InChI=1S/C25H29N3O5S/c1-16-22(24(30)33-13-12-31-3)23(27-25(34)28(16)2)18-6-5-7-19(15-18)26-21(29)14-17-8-10-20(32-4)11-9-17/h5-11,15,23H,12-14H2,1-4H3,(H,26,29)(H,27,34)/t23-/m0/s1. The summed E-state index contributed by atoms with van der Waals surface area (Å²) in [5, 5.41) is 6.62. The Morgan fingerprint density at radius 2 is 1.85 bits per heavy atom. The van der Waals surface area contributed by atoms with Gasteiger partial charge in [-0.25, -0.2) is 4.79 Å². The Morgan fingerprint density at radius 1 is 1.12 bits per heavy atom. The SMILES string of the molecule is COCCOC(=O)C1=C(C)N(C)C(=S)N[C@H]1c1cccc(NC(=O)Cc2ccc(OC)cc2)c1. The molecule has 3 rings (SSSR count). The number of hydrogen-bond donors (Lipinski definition) is 2. The van der Waals surface area contributed by atoms with Crippen LogP contribution in [-0.4, -0.2) is 56.4 Å². The van der Waals surface area contributed by atoms with E-state index in [1.807, 2.05) is 49.4 Å². The van der Waals surface area contributed by atoms with Crippen LogP contribution in [0.25, 0.3) is 0 Å². The Kier molecular flexibility index (Phi) is 8.61. The number of carbonyl (C=O) groups excluding carboxylic acids is 2. The Hall–Kier alpha value is -3.43. The van der Waals surface area contributed by atoms with Crippen molar-refractivity contribution in [1.82, 2.24) is 10.2 Å². The van der Waals surface area contributed by atoms with E-state index in [4.69, 9.17) is 26.4 Å². The third-order valence-electron chi connectivity index (χ3n) is 5.52. The van der Waals surface area contributed by atoms with Gasteiger partial charge in [-0.2, -0.15) is 0 Å². The zero-order chi connectivity index (χ0) is 24.7. The Labute approximate surface area is 204 Å². The van der Waals surface area contributed by atoms with Gasteiger partial charge in [-0.15, -0.1) is 0 Å². The van der Waals surface area contributed by atoms with Crippen molar-refractivity contribution in [2.45, 2.75) is 19.4 Å². The molecule has 0 aliphatic carbocycles. The predicted octanol–water partition coefficient (Wildman–Crippen LogP) is 3.20. The summed E-state index contributed by atoms with van der Waals surface area (Å²) in [4.78, 5) is 27.3. The Bertz CT molecular complexity index is 1080. The van der Waals surface area contributed by atoms with Gasteiger partial charge >= 0.3 is 5.97 Å². The highest BCUT2D eigenvalue weighted by molar-refractivity contribution is 7.80. The van der Waals surface area contributed by atoms with E-state index in [1.54, 1.807) is 32.2 Å². The van der Waals surface area contributed by atoms with E-state index in [0.717, 1.165) is 16.9 Å². The third kappa shape index (κ3) is 6.12. The summed E-state index contributed by atoms with van der Waals surface area (Å²) in [6.07, 6.45) is 0.223. The number of ether oxygens (including phenoxy) is 3. The average Bonchev–Trinajstić information content (AvgIpc) is 2.83. The van der Waals surface area contributed by atoms with Crippen LogP contribution in [0.5, 0.6) is 5.75 Å². The number of amides is 1. The number of benzene rings is 2. The Morgan fingerprint density at radius 3 is 2.53 bits per heavy atom. The van der Waals surface area contributed by atoms with E-state index in [-0.39, 0.29) is 18.9 Å². The number of esters is 1. The van der Waals surface area contributed by atoms with Crippen LogP contribution in [0.2, 0.25) is 0 Å². The van der Waals surface area contributed by atoms with Gasteiger partial charge in [-0.05, 0) is 54.5 Å². The molecule has 0 saturated carbocycles. The molecule has 0 saturated heterocycles. The molecule has 34 heavy (non-hydrogen) atoms. The summed E-state index contributed by atoms with van der Waals surface area (Å²) in [5.41, 5.74) is 3.42. The second kappa shape index (κ2) is 11.6. The predicted molar refractivity (Wildman–Crippen MR) is 134 cm³/mol. The van der Waals surface area contributed by atoms with E-state index < -0.39 is 12.0 Å². The van der Waals surface area contributed by atoms with Crippen LogP contribution in [-0.2, 0) is 25.5 Å². The van der Waals surface area contributed by atoms with Crippen molar-refractivity contribution in [3.8, 4) is 5.75 Å². The molecule has 180 valence electrons. The molecule has 2 N–H and O–H groups in total. The van der Waals surface area contributed by atoms with Crippen molar-refractivity contribution in [2.24, 2.45) is 0 Å². The largest absolute Gasteiger partial charge is 0.497 e. The maximum Gasteiger partial charge on any atom is 0.338 e. The molecule has 0 fully saturated rings. The van der Waals surface area contributed by atoms with Crippen LogP contribution in [0.4, 0.5) is 5.69 Å². The molecule has 9 heteroatoms. The van der Waals surface area contributed by atoms with Gasteiger partial charge in [-0.1, -0.05) is 24.3 Å². The number of nitrogens with one attached hydrogen (secondary N) is 2. The zero-order valence-electron chi connectivity index (χ0n) is 19.7. The number of anilines is 1. The van der Waals surface area contributed by atoms with Gasteiger partial charge in [0.25, 0.3) is 0 Å². The van der Waals surface area contributed by atoms with E-state index in [2.05, 4.69) is 10.6 Å². The van der Waals surface area contributed by atoms with Gasteiger partial charge < -0.3 is 29.7 Å². The van der Waals surface area contributed by atoms with E-state index in [9.17, 15) is 9.59 Å². The maximum absolute atomic E-state index is 12.9. The topological polar surface area (TPSA) is 89.1 Å². The normalized spacial score (nSPS) is 15.6. The lowest BCUT2D eigenvalue weighted by Crippen LogP contribution is -2.46. The molecule has 0 spiro atoms. The second-order valence-corrected chi connectivity index (χ2v) is 8.15. The highest BCUT2D eigenvalue weighted by atomic mass is 32.1. The number of hydrogen-bond acceptors (Lipinski definition) is 6. The number of carbonyl (C=O) groups is 2. The third-order valence-corrected chi connectivity index (χ3v) is 5.91. The summed E-state index contributed by atoms with van der Waals surface area (Å²) >= 11 is 5.45. The van der Waals surface area contributed by atoms with Crippen LogP contribution in [0.3, 0.4) is 0 Å². The van der Waals surface area contributed by atoms with Crippen molar-refractivity contribution in [2.75, 3.05) is 39.8 Å². The molecular formula is C25H29N3O5S. The molecule has 1 heterocycles. The van der Waals surface area contributed by atoms with Crippen LogP contribution < -0.4 is 15.4 Å². The number of methoxy groups -OCH3 is 2. The fraction of sp³-hybridized carbons (Fsp3) is 0.320. The first kappa shape index (κ1) is 25.2. The summed E-state index contributed by atoms with van der Waals surface area (Å²) < 4.78 is 15.5. The molecule has 1 atom stereocenters. The first-order valence-corrected chi connectivity index (χ1v) is 11.2. The van der Waals surface area contributed by atoms with Gasteiger partial charge in [0.15, 0.2) is 5.11 Å². The van der Waals surface area contributed by atoms with Crippen molar-refractivity contribution in [3.63, 3.8) is 0 Å². The molecule has 2 aromatic rings. The summed E-state index contributed by atoms with van der Waals surface area (Å²) in [7, 11) is 4.94. The molecule has 0 bridgehead atoms. The van der Waals surface area contributed by atoms with E-state index in [1.165, 1.54) is 0 Å². The minimum atomic E-state index is -0.516. The Balaban J connectivity index is 1.79. The van der Waals surface area contributed by atoms with Crippen LogP contribution in [0, 0.1) is 0 Å². The fourth-order valence-electron chi connectivity index (χ4n) is 3.58. The number of rotatable bonds is 9. The highest BCUT2D eigenvalue weighted by Crippen LogP contribution is 2.32. The molecule has 1 aliphatic rings. The smallest absolute Gasteiger partial charge is 0.338 e. The van der Waals surface area contributed by atoms with Gasteiger partial charge in [0, 0.05) is 25.5 Å². The summed E-state index contributed by atoms with van der Waals surface area (Å²) in [5.74, 6) is 0.135. The minimum absolute atomic E-state index is 0.147. The highest BCUT2D eigenvalue weighted by Gasteiger charge is 2.33. The van der Waals surface area contributed by atoms with Crippen molar-refractivity contribution in [3.05, 3.63) is 70.9 Å². The number of allylic oxidation sites excluding steroid dienone is 1. The zero-order valence-corrected chi connectivity index (χ0v) is 20.5. The fourth-order valence-corrected chi connectivity index (χ4v) is 3.83. The van der Waals surface area contributed by atoms with Gasteiger partial charge in [0.2, 0.25) is 5.91 Å². The lowest BCUT2D eigenvalue weighted by atomic mass is 9.95. The number of thiocarbonyl (C=S) groups is 1. The van der Waals surface area contributed by atoms with Crippen LogP contribution in [0.1, 0.15) is 24.1 Å². The lowest BCUT2D eigenvalue weighted by Gasteiger charge is -2.35. The molecule has 0 aromatic heterocycles. The first-order valence-electron chi connectivity index (χ1n) is 10.8. The molecule has 1 amide bonds. The molecule has 8 nitrogen and oxygen atoms in total. The number of nitrogens with zero attached hydrogens (tertiary/aromatic N) is 1. The quantitative estimate of drug-likeness (QED) is 0.319. The van der Waals surface area contributed by atoms with Crippen LogP contribution in [0.15, 0.2) is 59.8 Å². The van der Waals surface area contributed by atoms with Gasteiger partial charge in [0.05, 0.1) is 31.8 Å². The van der Waals surface area contributed by atoms with Gasteiger partial charge in [0.1, 0.15) is 12.4 Å². The van der Waals surface area contributed by atoms with Crippen molar-refractivity contribution >= 4 is 34.9 Å². The lowest BCUT2D eigenvalue weighted by molar-refractivity contribution is -0.140. The molecule has 0 radical (unpaired) electrons. The molecule has 1 aliphatic heterocycles. The van der Waals surface area contributed by atoms with Gasteiger partial charge in [-0.3, -0.25) is 4.79 Å².